The highest BCUT2D eigenvalue weighted by atomic mass is 35.5. The van der Waals surface area contributed by atoms with E-state index < -0.39 is 17.5 Å². The molecule has 0 bridgehead atoms. The van der Waals surface area contributed by atoms with E-state index in [-0.39, 0.29) is 21.8 Å². The molecule has 1 N–H and O–H groups in total. The normalized spacial score (nSPS) is 10.9. The van der Waals surface area contributed by atoms with Gasteiger partial charge in [-0.3, -0.25) is 14.2 Å². The molecular formula is C22H14ClF2N3O2. The monoisotopic (exact) mass is 425 g/mol. The molecular weight excluding hydrogens is 412 g/mol. The molecule has 8 heteroatoms. The number of hydrogen-bond donors (Lipinski definition) is 1. The van der Waals surface area contributed by atoms with Crippen LogP contribution in [0, 0.1) is 18.6 Å². The Morgan fingerprint density at radius 1 is 1.07 bits per heavy atom. The standard InChI is InChI=1S/C22H14ClF2N3O2/c1-12-26-19-5-3-2-4-16(19)22(30)28(12)14-7-9-17(23)20(11-14)27-21(29)15-8-6-13(24)10-18(15)25/h2-11H,1H3,(H,27,29). The number of para-hydroxylation sites is 1. The highest BCUT2D eigenvalue weighted by Crippen LogP contribution is 2.26. The number of rotatable bonds is 3. The molecule has 0 radical (unpaired) electrons. The van der Waals surface area contributed by atoms with E-state index in [9.17, 15) is 18.4 Å². The van der Waals surface area contributed by atoms with Gasteiger partial charge in [0.1, 0.15) is 17.5 Å². The number of aryl methyl sites for hydroxylation is 1. The average molecular weight is 426 g/mol. The van der Waals surface area contributed by atoms with E-state index in [1.807, 2.05) is 0 Å². The highest BCUT2D eigenvalue weighted by Gasteiger charge is 2.16. The first-order valence-corrected chi connectivity index (χ1v) is 9.27. The van der Waals surface area contributed by atoms with Gasteiger partial charge in [0, 0.05) is 6.07 Å². The lowest BCUT2D eigenvalue weighted by molar-refractivity contribution is 0.102. The molecule has 1 aromatic heterocycles. The van der Waals surface area contributed by atoms with Gasteiger partial charge in [-0.15, -0.1) is 0 Å². The molecule has 1 heterocycles. The maximum Gasteiger partial charge on any atom is 0.265 e. The van der Waals surface area contributed by atoms with E-state index in [4.69, 9.17) is 11.6 Å². The van der Waals surface area contributed by atoms with Crippen molar-refractivity contribution in [2.75, 3.05) is 5.32 Å². The Kier molecular flexibility index (Phi) is 5.05. The maximum absolute atomic E-state index is 13.9. The smallest absolute Gasteiger partial charge is 0.265 e. The van der Waals surface area contributed by atoms with Crippen LogP contribution in [-0.4, -0.2) is 15.5 Å². The van der Waals surface area contributed by atoms with Gasteiger partial charge in [-0.1, -0.05) is 23.7 Å². The van der Waals surface area contributed by atoms with Gasteiger partial charge in [-0.2, -0.15) is 0 Å². The number of amides is 1. The number of halogens is 3. The quantitative estimate of drug-likeness (QED) is 0.509. The van der Waals surface area contributed by atoms with Crippen molar-refractivity contribution in [1.29, 1.82) is 0 Å². The SMILES string of the molecule is Cc1nc2ccccc2c(=O)n1-c1ccc(Cl)c(NC(=O)c2ccc(F)cc2F)c1. The van der Waals surface area contributed by atoms with Crippen molar-refractivity contribution >= 4 is 34.1 Å². The lowest BCUT2D eigenvalue weighted by Crippen LogP contribution is -2.22. The molecule has 3 aromatic carbocycles. The predicted octanol–water partition coefficient (Wildman–Crippen LogP) is 4.88. The molecule has 30 heavy (non-hydrogen) atoms. The van der Waals surface area contributed by atoms with Gasteiger partial charge in [0.25, 0.3) is 11.5 Å². The second kappa shape index (κ2) is 7.68. The molecule has 0 aliphatic heterocycles. The molecule has 1 amide bonds. The van der Waals surface area contributed by atoms with E-state index in [1.54, 1.807) is 37.3 Å². The summed E-state index contributed by atoms with van der Waals surface area (Å²) in [6.45, 7) is 1.69. The van der Waals surface area contributed by atoms with Crippen LogP contribution in [0.3, 0.4) is 0 Å². The third-order valence-electron chi connectivity index (χ3n) is 4.58. The number of hydrogen-bond acceptors (Lipinski definition) is 3. The van der Waals surface area contributed by atoms with Gasteiger partial charge < -0.3 is 5.32 Å². The summed E-state index contributed by atoms with van der Waals surface area (Å²) in [6, 6.07) is 14.2. The Labute approximate surface area is 174 Å². The molecule has 0 spiro atoms. The zero-order valence-electron chi connectivity index (χ0n) is 15.6. The zero-order valence-corrected chi connectivity index (χ0v) is 16.4. The minimum atomic E-state index is -0.995. The van der Waals surface area contributed by atoms with Crippen LogP contribution in [0.4, 0.5) is 14.5 Å². The summed E-state index contributed by atoms with van der Waals surface area (Å²) < 4.78 is 28.4. The third-order valence-corrected chi connectivity index (χ3v) is 4.91. The number of nitrogens with zero attached hydrogens (tertiary/aromatic N) is 2. The van der Waals surface area contributed by atoms with Crippen LogP contribution in [0.15, 0.2) is 65.5 Å². The number of aromatic nitrogens is 2. The van der Waals surface area contributed by atoms with Crippen LogP contribution in [0.1, 0.15) is 16.2 Å². The Hall–Kier alpha value is -3.58. The van der Waals surface area contributed by atoms with Crippen molar-refractivity contribution in [2.24, 2.45) is 0 Å². The van der Waals surface area contributed by atoms with Crippen LogP contribution in [0.25, 0.3) is 16.6 Å². The Balaban J connectivity index is 1.77. The van der Waals surface area contributed by atoms with Crippen LogP contribution in [0.2, 0.25) is 5.02 Å². The Morgan fingerprint density at radius 2 is 1.83 bits per heavy atom. The van der Waals surface area contributed by atoms with E-state index in [1.165, 1.54) is 16.7 Å². The molecule has 0 aliphatic rings. The maximum atomic E-state index is 13.9. The van der Waals surface area contributed by atoms with Crippen molar-refractivity contribution in [2.45, 2.75) is 6.92 Å². The van der Waals surface area contributed by atoms with Gasteiger partial charge in [0.15, 0.2) is 0 Å². The largest absolute Gasteiger partial charge is 0.320 e. The molecule has 0 atom stereocenters. The van der Waals surface area contributed by atoms with Crippen LogP contribution in [-0.2, 0) is 0 Å². The molecule has 4 rings (SSSR count). The van der Waals surface area contributed by atoms with Gasteiger partial charge in [-0.25, -0.2) is 13.8 Å². The first-order valence-electron chi connectivity index (χ1n) is 8.90. The van der Waals surface area contributed by atoms with Crippen molar-refractivity contribution in [1.82, 2.24) is 9.55 Å². The van der Waals surface area contributed by atoms with E-state index >= 15 is 0 Å². The summed E-state index contributed by atoms with van der Waals surface area (Å²) in [4.78, 5) is 29.9. The predicted molar refractivity (Wildman–Crippen MR) is 111 cm³/mol. The second-order valence-corrected chi connectivity index (χ2v) is 6.97. The molecule has 4 aromatic rings. The zero-order chi connectivity index (χ0) is 21.4. The lowest BCUT2D eigenvalue weighted by atomic mass is 10.2. The lowest BCUT2D eigenvalue weighted by Gasteiger charge is -2.14. The van der Waals surface area contributed by atoms with Gasteiger partial charge >= 0.3 is 0 Å². The summed E-state index contributed by atoms with van der Waals surface area (Å²) >= 11 is 6.18. The molecule has 0 saturated heterocycles. The first kappa shape index (κ1) is 19.7. The number of carbonyl (C=O) groups is 1. The minimum absolute atomic E-state index is 0.169. The molecule has 0 aliphatic carbocycles. The average Bonchev–Trinajstić information content (AvgIpc) is 2.70. The highest BCUT2D eigenvalue weighted by molar-refractivity contribution is 6.34. The summed E-state index contributed by atoms with van der Waals surface area (Å²) in [6.07, 6.45) is 0. The van der Waals surface area contributed by atoms with Crippen molar-refractivity contribution in [3.63, 3.8) is 0 Å². The fraction of sp³-hybridized carbons (Fsp3) is 0.0455. The molecule has 0 unspecified atom stereocenters. The second-order valence-electron chi connectivity index (χ2n) is 6.56. The van der Waals surface area contributed by atoms with E-state index in [0.717, 1.165) is 12.1 Å². The third kappa shape index (κ3) is 3.55. The van der Waals surface area contributed by atoms with E-state index in [0.29, 0.717) is 28.5 Å². The van der Waals surface area contributed by atoms with Gasteiger partial charge in [-0.05, 0) is 49.4 Å². The Morgan fingerprint density at radius 3 is 2.60 bits per heavy atom. The van der Waals surface area contributed by atoms with E-state index in [2.05, 4.69) is 10.3 Å². The number of benzene rings is 3. The summed E-state index contributed by atoms with van der Waals surface area (Å²) in [7, 11) is 0. The van der Waals surface area contributed by atoms with Crippen LogP contribution >= 0.6 is 11.6 Å². The van der Waals surface area contributed by atoms with Crippen molar-refractivity contribution in [3.8, 4) is 5.69 Å². The number of fused-ring (bicyclic) bond motifs is 1. The summed E-state index contributed by atoms with van der Waals surface area (Å²) in [5.41, 5.74) is 0.559. The summed E-state index contributed by atoms with van der Waals surface area (Å²) in [5, 5.41) is 3.13. The Bertz CT molecular complexity index is 1370. The molecule has 0 fully saturated rings. The van der Waals surface area contributed by atoms with Crippen LogP contribution in [0.5, 0.6) is 0 Å². The van der Waals surface area contributed by atoms with Gasteiger partial charge in [0.2, 0.25) is 0 Å². The van der Waals surface area contributed by atoms with Crippen LogP contribution < -0.4 is 10.9 Å². The summed E-state index contributed by atoms with van der Waals surface area (Å²) in [5.74, 6) is -2.14. The number of carbonyl (C=O) groups excluding carboxylic acids is 1. The minimum Gasteiger partial charge on any atom is -0.320 e. The van der Waals surface area contributed by atoms with Gasteiger partial charge in [0.05, 0.1) is 32.9 Å². The number of nitrogens with one attached hydrogen (secondary N) is 1. The fourth-order valence-electron chi connectivity index (χ4n) is 3.16. The number of anilines is 1. The molecule has 0 saturated carbocycles. The molecule has 5 nitrogen and oxygen atoms in total. The molecule has 150 valence electrons. The fourth-order valence-corrected chi connectivity index (χ4v) is 3.32. The van der Waals surface area contributed by atoms with Crippen molar-refractivity contribution < 1.29 is 13.6 Å². The first-order chi connectivity index (χ1) is 14.3. The topological polar surface area (TPSA) is 64.0 Å². The van der Waals surface area contributed by atoms with Crippen molar-refractivity contribution in [3.05, 3.63) is 99.1 Å².